The molecule has 6 nitrogen and oxygen atoms in total. The first-order valence-electron chi connectivity index (χ1n) is 6.85. The van der Waals surface area contributed by atoms with Crippen LogP contribution in [0.3, 0.4) is 0 Å². The van der Waals surface area contributed by atoms with Gasteiger partial charge in [0.05, 0.1) is 12.7 Å². The van der Waals surface area contributed by atoms with Gasteiger partial charge in [-0.2, -0.15) is 0 Å². The molecule has 1 saturated heterocycles. The average Bonchev–Trinajstić information content (AvgIpc) is 2.98. The molecule has 0 unspecified atom stereocenters. The lowest BCUT2D eigenvalue weighted by Gasteiger charge is -2.17. The van der Waals surface area contributed by atoms with Crippen molar-refractivity contribution in [3.63, 3.8) is 0 Å². The largest absolute Gasteiger partial charge is 0.487 e. The molecule has 21 heavy (non-hydrogen) atoms. The van der Waals surface area contributed by atoms with Crippen LogP contribution in [0.1, 0.15) is 6.42 Å². The fourth-order valence-electron chi connectivity index (χ4n) is 2.24. The maximum Gasteiger partial charge on any atom is 0.323 e. The summed E-state index contributed by atoms with van der Waals surface area (Å²) in [7, 11) is 0. The number of hydrogen-bond donors (Lipinski definition) is 1. The Bertz CT molecular complexity index is 591. The van der Waals surface area contributed by atoms with Crippen LogP contribution in [0.5, 0.6) is 5.75 Å². The van der Waals surface area contributed by atoms with Crippen molar-refractivity contribution < 1.29 is 9.53 Å². The van der Waals surface area contributed by atoms with E-state index in [1.807, 2.05) is 24.3 Å². The summed E-state index contributed by atoms with van der Waals surface area (Å²) in [5.41, 5.74) is 0. The number of nitrogens with one attached hydrogen (secondary N) is 1. The molecule has 0 aromatic carbocycles. The Balaban J connectivity index is 1.53. The average molecular weight is 284 g/mol. The van der Waals surface area contributed by atoms with Crippen LogP contribution >= 0.6 is 0 Å². The van der Waals surface area contributed by atoms with Gasteiger partial charge in [-0.15, -0.1) is 0 Å². The van der Waals surface area contributed by atoms with E-state index in [2.05, 4.69) is 15.3 Å². The van der Waals surface area contributed by atoms with Crippen LogP contribution in [-0.2, 0) is 0 Å². The molecule has 0 radical (unpaired) electrons. The van der Waals surface area contributed by atoms with E-state index in [9.17, 15) is 4.79 Å². The zero-order valence-electron chi connectivity index (χ0n) is 11.5. The van der Waals surface area contributed by atoms with Crippen molar-refractivity contribution in [2.45, 2.75) is 12.5 Å². The van der Waals surface area contributed by atoms with Crippen LogP contribution in [0, 0.1) is 0 Å². The molecule has 2 aromatic heterocycles. The van der Waals surface area contributed by atoms with Gasteiger partial charge >= 0.3 is 6.03 Å². The first kappa shape index (κ1) is 13.4. The van der Waals surface area contributed by atoms with Gasteiger partial charge in [0.15, 0.2) is 0 Å². The maximum atomic E-state index is 12.1. The predicted molar refractivity (Wildman–Crippen MR) is 78.1 cm³/mol. The lowest BCUT2D eigenvalue weighted by atomic mass is 10.3. The first-order valence-corrected chi connectivity index (χ1v) is 6.85. The van der Waals surface area contributed by atoms with Crippen molar-refractivity contribution >= 4 is 11.8 Å². The fourth-order valence-corrected chi connectivity index (χ4v) is 2.24. The van der Waals surface area contributed by atoms with Crippen molar-refractivity contribution in [2.24, 2.45) is 0 Å². The van der Waals surface area contributed by atoms with Gasteiger partial charge < -0.3 is 9.64 Å². The van der Waals surface area contributed by atoms with Gasteiger partial charge in [-0.3, -0.25) is 10.3 Å². The molecule has 1 aliphatic rings. The number of rotatable bonds is 3. The molecule has 1 aliphatic heterocycles. The number of likely N-dealkylation sites (tertiary alicyclic amines) is 1. The standard InChI is InChI=1S/C15H16N4O2/c20-15(18-14-5-1-2-8-17-14)19-9-6-13(11-19)21-12-4-3-7-16-10-12/h1-5,7-8,10,13H,6,9,11H2,(H,17,18,20)/t13-/m0/s1. The maximum absolute atomic E-state index is 12.1. The molecule has 0 bridgehead atoms. The molecule has 0 spiro atoms. The highest BCUT2D eigenvalue weighted by atomic mass is 16.5. The second-order valence-corrected chi connectivity index (χ2v) is 4.81. The summed E-state index contributed by atoms with van der Waals surface area (Å²) >= 11 is 0. The fraction of sp³-hybridized carbons (Fsp3) is 0.267. The summed E-state index contributed by atoms with van der Waals surface area (Å²) in [6.07, 6.45) is 5.84. The Labute approximate surface area is 122 Å². The van der Waals surface area contributed by atoms with Crippen LogP contribution < -0.4 is 10.1 Å². The van der Waals surface area contributed by atoms with Crippen molar-refractivity contribution in [3.8, 4) is 5.75 Å². The normalized spacial score (nSPS) is 17.5. The van der Waals surface area contributed by atoms with Crippen LogP contribution in [0.2, 0.25) is 0 Å². The lowest BCUT2D eigenvalue weighted by molar-refractivity contribution is 0.194. The molecule has 1 N–H and O–H groups in total. The quantitative estimate of drug-likeness (QED) is 0.938. The molecule has 3 heterocycles. The van der Waals surface area contributed by atoms with E-state index >= 15 is 0 Å². The minimum Gasteiger partial charge on any atom is -0.487 e. The summed E-state index contributed by atoms with van der Waals surface area (Å²) in [6.45, 7) is 1.23. The Hall–Kier alpha value is -2.63. The smallest absolute Gasteiger partial charge is 0.323 e. The number of pyridine rings is 2. The number of ether oxygens (including phenoxy) is 1. The number of anilines is 1. The Morgan fingerprint density at radius 2 is 2.24 bits per heavy atom. The van der Waals surface area contributed by atoms with Gasteiger partial charge in [-0.1, -0.05) is 6.07 Å². The van der Waals surface area contributed by atoms with Crippen molar-refractivity contribution in [2.75, 3.05) is 18.4 Å². The molecule has 0 saturated carbocycles. The minimum atomic E-state index is -0.147. The van der Waals surface area contributed by atoms with Gasteiger partial charge in [0.25, 0.3) is 0 Å². The summed E-state index contributed by atoms with van der Waals surface area (Å²) in [5.74, 6) is 1.29. The van der Waals surface area contributed by atoms with E-state index in [1.165, 1.54) is 0 Å². The summed E-state index contributed by atoms with van der Waals surface area (Å²) in [5, 5.41) is 2.78. The SMILES string of the molecule is O=C(Nc1ccccn1)N1CC[C@H](Oc2cccnc2)C1. The second kappa shape index (κ2) is 6.21. The van der Waals surface area contributed by atoms with Crippen LogP contribution in [0.15, 0.2) is 48.9 Å². The van der Waals surface area contributed by atoms with E-state index in [4.69, 9.17) is 4.74 Å². The molecule has 108 valence electrons. The van der Waals surface area contributed by atoms with Crippen LogP contribution in [0.25, 0.3) is 0 Å². The molecule has 3 rings (SSSR count). The van der Waals surface area contributed by atoms with E-state index in [0.29, 0.717) is 18.9 Å². The minimum absolute atomic E-state index is 0.00341. The number of carbonyl (C=O) groups is 1. The Morgan fingerprint density at radius 3 is 3.00 bits per heavy atom. The Kier molecular flexibility index (Phi) is 3.95. The summed E-state index contributed by atoms with van der Waals surface area (Å²) < 4.78 is 5.81. The molecule has 2 aromatic rings. The number of urea groups is 1. The molecule has 6 heteroatoms. The van der Waals surface area contributed by atoms with E-state index in [1.54, 1.807) is 29.6 Å². The lowest BCUT2D eigenvalue weighted by Crippen LogP contribution is -2.34. The number of aromatic nitrogens is 2. The second-order valence-electron chi connectivity index (χ2n) is 4.81. The Morgan fingerprint density at radius 1 is 1.29 bits per heavy atom. The summed E-state index contributed by atoms with van der Waals surface area (Å²) in [6, 6.07) is 8.95. The zero-order valence-corrected chi connectivity index (χ0v) is 11.5. The third kappa shape index (κ3) is 3.47. The molecular weight excluding hydrogens is 268 g/mol. The highest BCUT2D eigenvalue weighted by Crippen LogP contribution is 2.18. The highest BCUT2D eigenvalue weighted by Gasteiger charge is 2.27. The van der Waals surface area contributed by atoms with Gasteiger partial charge in [-0.05, 0) is 24.3 Å². The number of carbonyl (C=O) groups excluding carboxylic acids is 1. The molecular formula is C15H16N4O2. The molecule has 1 fully saturated rings. The van der Waals surface area contributed by atoms with Gasteiger partial charge in [0.1, 0.15) is 17.7 Å². The van der Waals surface area contributed by atoms with E-state index < -0.39 is 0 Å². The van der Waals surface area contributed by atoms with E-state index in [0.717, 1.165) is 12.2 Å². The molecule has 0 aliphatic carbocycles. The topological polar surface area (TPSA) is 67.4 Å². The number of amides is 2. The zero-order chi connectivity index (χ0) is 14.5. The van der Waals surface area contributed by atoms with Gasteiger partial charge in [0, 0.05) is 25.4 Å². The third-order valence-corrected chi connectivity index (χ3v) is 3.27. The number of hydrogen-bond acceptors (Lipinski definition) is 4. The summed E-state index contributed by atoms with van der Waals surface area (Å²) in [4.78, 5) is 21.9. The van der Waals surface area contributed by atoms with Crippen molar-refractivity contribution in [3.05, 3.63) is 48.9 Å². The highest BCUT2D eigenvalue weighted by molar-refractivity contribution is 5.88. The molecule has 2 amide bonds. The van der Waals surface area contributed by atoms with Gasteiger partial charge in [-0.25, -0.2) is 9.78 Å². The monoisotopic (exact) mass is 284 g/mol. The predicted octanol–water partition coefficient (Wildman–Crippen LogP) is 2.16. The van der Waals surface area contributed by atoms with E-state index in [-0.39, 0.29) is 12.1 Å². The molecule has 1 atom stereocenters. The first-order chi connectivity index (χ1) is 10.3. The van der Waals surface area contributed by atoms with Crippen molar-refractivity contribution in [1.82, 2.24) is 14.9 Å². The van der Waals surface area contributed by atoms with Crippen molar-refractivity contribution in [1.29, 1.82) is 0 Å². The number of nitrogens with zero attached hydrogens (tertiary/aromatic N) is 3. The van der Waals surface area contributed by atoms with Crippen LogP contribution in [-0.4, -0.2) is 40.1 Å². The van der Waals surface area contributed by atoms with Crippen LogP contribution in [0.4, 0.5) is 10.6 Å². The third-order valence-electron chi connectivity index (χ3n) is 3.27. The van der Waals surface area contributed by atoms with Gasteiger partial charge in [0.2, 0.25) is 0 Å².